The molecule has 1 spiro atoms. The molecule has 1 aromatic heterocycles. The number of imide groups is 1. The van der Waals surface area contributed by atoms with Crippen LogP contribution in [0.15, 0.2) is 36.5 Å². The molecular formula is C22H22N4O5. The van der Waals surface area contributed by atoms with Crippen LogP contribution in [0.3, 0.4) is 0 Å². The van der Waals surface area contributed by atoms with Gasteiger partial charge in [-0.2, -0.15) is 0 Å². The summed E-state index contributed by atoms with van der Waals surface area (Å²) in [6.07, 6.45) is 3.68. The van der Waals surface area contributed by atoms with Crippen molar-refractivity contribution in [2.45, 2.75) is 24.8 Å². The Morgan fingerprint density at radius 1 is 1.13 bits per heavy atom. The lowest BCUT2D eigenvalue weighted by Crippen LogP contribution is -2.47. The van der Waals surface area contributed by atoms with Gasteiger partial charge in [0.05, 0.1) is 13.2 Å². The van der Waals surface area contributed by atoms with Crippen LogP contribution in [-0.2, 0) is 10.3 Å². The number of nitrogens with zero attached hydrogens (tertiary/aromatic N) is 2. The van der Waals surface area contributed by atoms with Gasteiger partial charge < -0.3 is 19.9 Å². The highest BCUT2D eigenvalue weighted by atomic mass is 16.5. The number of fused-ring (bicyclic) bond motifs is 2. The fraction of sp³-hybridized carbons (Fsp3) is 0.364. The number of carbonyl (C=O) groups excluding carboxylic acids is 4. The van der Waals surface area contributed by atoms with Gasteiger partial charge in [-0.3, -0.25) is 19.3 Å². The fourth-order valence-electron chi connectivity index (χ4n) is 4.52. The summed E-state index contributed by atoms with van der Waals surface area (Å²) in [5.74, 6) is -0.487. The van der Waals surface area contributed by atoms with Crippen molar-refractivity contribution in [3.05, 3.63) is 53.3 Å². The van der Waals surface area contributed by atoms with E-state index in [9.17, 15) is 19.2 Å². The minimum absolute atomic E-state index is 0.149. The molecule has 31 heavy (non-hydrogen) atoms. The van der Waals surface area contributed by atoms with E-state index in [0.717, 1.165) is 17.7 Å². The number of urea groups is 1. The van der Waals surface area contributed by atoms with Crippen LogP contribution < -0.4 is 10.1 Å². The standard InChI is InChI=1S/C22H22N4O5/c27-17(14-11-16(23-12-14)19(28)25-8-3-4-9-25)13-26-20(29)22(24-21(26)30)7-10-31-18-6-2-1-5-15(18)22/h1-2,5-6,11-12,23H,3-4,7-10,13H2,(H,24,30)/t22-/m0/s1. The molecule has 5 rings (SSSR count). The molecule has 3 aliphatic heterocycles. The second kappa shape index (κ2) is 7.26. The first kappa shape index (κ1) is 19.3. The number of nitrogens with one attached hydrogen (secondary N) is 2. The van der Waals surface area contributed by atoms with Gasteiger partial charge in [-0.25, -0.2) is 4.79 Å². The van der Waals surface area contributed by atoms with E-state index < -0.39 is 29.8 Å². The zero-order chi connectivity index (χ0) is 21.6. The van der Waals surface area contributed by atoms with Crippen molar-refractivity contribution >= 4 is 23.6 Å². The highest BCUT2D eigenvalue weighted by Gasteiger charge is 2.55. The van der Waals surface area contributed by atoms with Crippen molar-refractivity contribution in [2.24, 2.45) is 0 Å². The van der Waals surface area contributed by atoms with E-state index in [1.807, 2.05) is 0 Å². The van der Waals surface area contributed by atoms with Gasteiger partial charge in [0.15, 0.2) is 11.3 Å². The number of Topliss-reactive ketones (excluding diaryl/α,β-unsaturated/α-hetero) is 1. The van der Waals surface area contributed by atoms with Crippen LogP contribution in [0.5, 0.6) is 5.75 Å². The average molecular weight is 422 g/mol. The van der Waals surface area contributed by atoms with Crippen LogP contribution in [0.1, 0.15) is 45.7 Å². The molecule has 0 aliphatic carbocycles. The number of likely N-dealkylation sites (tertiary alicyclic amines) is 1. The van der Waals surface area contributed by atoms with Crippen LogP contribution >= 0.6 is 0 Å². The molecule has 1 atom stereocenters. The fourth-order valence-corrected chi connectivity index (χ4v) is 4.52. The van der Waals surface area contributed by atoms with Crippen LogP contribution in [0.2, 0.25) is 0 Å². The van der Waals surface area contributed by atoms with Crippen molar-refractivity contribution in [3.8, 4) is 5.75 Å². The van der Waals surface area contributed by atoms with Gasteiger partial charge in [0, 0.05) is 36.8 Å². The van der Waals surface area contributed by atoms with Crippen molar-refractivity contribution in [2.75, 3.05) is 26.2 Å². The van der Waals surface area contributed by atoms with Gasteiger partial charge >= 0.3 is 6.03 Å². The molecule has 0 saturated carbocycles. The predicted octanol–water partition coefficient (Wildman–Crippen LogP) is 1.66. The summed E-state index contributed by atoms with van der Waals surface area (Å²) >= 11 is 0. The Hall–Kier alpha value is -3.62. The van der Waals surface area contributed by atoms with E-state index >= 15 is 0 Å². The smallest absolute Gasteiger partial charge is 0.325 e. The van der Waals surface area contributed by atoms with Gasteiger partial charge in [-0.1, -0.05) is 18.2 Å². The molecule has 0 unspecified atom stereocenters. The molecule has 2 fully saturated rings. The summed E-state index contributed by atoms with van der Waals surface area (Å²) in [6.45, 7) is 1.29. The number of aromatic nitrogens is 1. The van der Waals surface area contributed by atoms with E-state index in [1.54, 1.807) is 29.2 Å². The number of benzene rings is 1. The maximum atomic E-state index is 13.3. The molecule has 0 bridgehead atoms. The third-order valence-electron chi connectivity index (χ3n) is 6.19. The molecule has 160 valence electrons. The predicted molar refractivity (Wildman–Crippen MR) is 109 cm³/mol. The Labute approximate surface area is 178 Å². The average Bonchev–Trinajstić information content (AvgIpc) is 3.52. The quantitative estimate of drug-likeness (QED) is 0.575. The lowest BCUT2D eigenvalue weighted by Gasteiger charge is -2.33. The number of hydrogen-bond donors (Lipinski definition) is 2. The highest BCUT2D eigenvalue weighted by molar-refractivity contribution is 6.12. The summed E-state index contributed by atoms with van der Waals surface area (Å²) in [7, 11) is 0. The molecule has 2 aromatic rings. The minimum atomic E-state index is -1.22. The maximum Gasteiger partial charge on any atom is 0.325 e. The van der Waals surface area contributed by atoms with Gasteiger partial charge in [0.2, 0.25) is 0 Å². The third kappa shape index (κ3) is 3.08. The third-order valence-corrected chi connectivity index (χ3v) is 6.19. The van der Waals surface area contributed by atoms with E-state index in [1.165, 1.54) is 12.3 Å². The second-order valence-corrected chi connectivity index (χ2v) is 8.05. The summed E-state index contributed by atoms with van der Waals surface area (Å²) in [5.41, 5.74) is -0.0373. The van der Waals surface area contributed by atoms with Crippen LogP contribution in [0.25, 0.3) is 0 Å². The molecule has 0 radical (unpaired) electrons. The van der Waals surface area contributed by atoms with Crippen molar-refractivity contribution in [1.82, 2.24) is 20.1 Å². The summed E-state index contributed by atoms with van der Waals surface area (Å²) in [4.78, 5) is 56.8. The number of aromatic amines is 1. The molecule has 2 N–H and O–H groups in total. The Kier molecular flexibility index (Phi) is 4.53. The molecule has 1 aromatic carbocycles. The SMILES string of the molecule is O=C(CN1C(=O)N[C@]2(CCOc3ccccc32)C1=O)c1c[nH]c(C(=O)N2CCCC2)c1. The van der Waals surface area contributed by atoms with Crippen LogP contribution in [-0.4, -0.2) is 64.7 Å². The highest BCUT2D eigenvalue weighted by Crippen LogP contribution is 2.40. The number of amides is 4. The zero-order valence-electron chi connectivity index (χ0n) is 16.8. The molecule has 9 nitrogen and oxygen atoms in total. The van der Waals surface area contributed by atoms with E-state index in [0.29, 0.717) is 30.1 Å². The number of ketones is 1. The molecular weight excluding hydrogens is 400 g/mol. The summed E-state index contributed by atoms with van der Waals surface area (Å²) in [6, 6.07) is 7.96. The lowest BCUT2D eigenvalue weighted by atomic mass is 9.84. The Balaban J connectivity index is 1.34. The summed E-state index contributed by atoms with van der Waals surface area (Å²) < 4.78 is 5.62. The first-order chi connectivity index (χ1) is 15.0. The zero-order valence-corrected chi connectivity index (χ0v) is 16.8. The molecule has 9 heteroatoms. The Morgan fingerprint density at radius 2 is 1.90 bits per heavy atom. The van der Waals surface area contributed by atoms with Crippen molar-refractivity contribution < 1.29 is 23.9 Å². The molecule has 4 heterocycles. The van der Waals surface area contributed by atoms with Crippen molar-refractivity contribution in [1.29, 1.82) is 0 Å². The molecule has 4 amide bonds. The van der Waals surface area contributed by atoms with Crippen molar-refractivity contribution in [3.63, 3.8) is 0 Å². The lowest BCUT2D eigenvalue weighted by molar-refractivity contribution is -0.132. The monoisotopic (exact) mass is 422 g/mol. The van der Waals surface area contributed by atoms with Gasteiger partial charge in [-0.15, -0.1) is 0 Å². The minimum Gasteiger partial charge on any atom is -0.493 e. The van der Waals surface area contributed by atoms with E-state index in [-0.39, 0.29) is 24.5 Å². The normalized spacial score (nSPS) is 22.5. The number of ether oxygens (including phenoxy) is 1. The number of para-hydroxylation sites is 1. The Morgan fingerprint density at radius 3 is 2.71 bits per heavy atom. The number of H-pyrrole nitrogens is 1. The van der Waals surface area contributed by atoms with E-state index in [4.69, 9.17) is 4.74 Å². The number of rotatable bonds is 4. The molecule has 3 aliphatic rings. The van der Waals surface area contributed by atoms with Crippen LogP contribution in [0, 0.1) is 0 Å². The maximum absolute atomic E-state index is 13.3. The topological polar surface area (TPSA) is 112 Å². The number of carbonyl (C=O) groups is 4. The largest absolute Gasteiger partial charge is 0.493 e. The first-order valence-electron chi connectivity index (χ1n) is 10.4. The Bertz CT molecular complexity index is 1090. The van der Waals surface area contributed by atoms with Gasteiger partial charge in [-0.05, 0) is 25.0 Å². The molecule has 2 saturated heterocycles. The van der Waals surface area contributed by atoms with Crippen LogP contribution in [0.4, 0.5) is 4.79 Å². The first-order valence-corrected chi connectivity index (χ1v) is 10.4. The van der Waals surface area contributed by atoms with E-state index in [2.05, 4.69) is 10.3 Å². The number of hydrogen-bond acceptors (Lipinski definition) is 5. The van der Waals surface area contributed by atoms with Gasteiger partial charge in [0.25, 0.3) is 11.8 Å². The summed E-state index contributed by atoms with van der Waals surface area (Å²) in [5, 5.41) is 2.78. The second-order valence-electron chi connectivity index (χ2n) is 8.05. The van der Waals surface area contributed by atoms with Gasteiger partial charge in [0.1, 0.15) is 11.4 Å².